The summed E-state index contributed by atoms with van der Waals surface area (Å²) < 4.78 is 5.26. The van der Waals surface area contributed by atoms with Crippen LogP contribution in [-0.4, -0.2) is 47.0 Å². The third-order valence-corrected chi connectivity index (χ3v) is 3.50. The normalized spacial score (nSPS) is 15.4. The number of anilines is 1. The van der Waals surface area contributed by atoms with E-state index in [1.807, 2.05) is 17.9 Å². The fourth-order valence-electron chi connectivity index (χ4n) is 2.33. The first-order valence-corrected chi connectivity index (χ1v) is 6.60. The van der Waals surface area contributed by atoms with Crippen molar-refractivity contribution in [1.29, 1.82) is 0 Å². The van der Waals surface area contributed by atoms with Crippen LogP contribution in [0.1, 0.15) is 16.1 Å². The van der Waals surface area contributed by atoms with Crippen LogP contribution in [0.25, 0.3) is 0 Å². The zero-order chi connectivity index (χ0) is 13.9. The van der Waals surface area contributed by atoms with E-state index in [0.717, 1.165) is 24.5 Å². The number of hydrogen-bond donors (Lipinski definition) is 0. The molecule has 1 fully saturated rings. The molecular formula is C14H16N4O2. The van der Waals surface area contributed by atoms with Crippen LogP contribution in [-0.2, 0) is 0 Å². The highest BCUT2D eigenvalue weighted by molar-refractivity contribution is 5.93. The van der Waals surface area contributed by atoms with Crippen molar-refractivity contribution < 1.29 is 9.21 Å². The van der Waals surface area contributed by atoms with Crippen molar-refractivity contribution >= 4 is 11.7 Å². The topological polar surface area (TPSA) is 62.5 Å². The smallest absolute Gasteiger partial charge is 0.289 e. The molecule has 0 radical (unpaired) electrons. The Morgan fingerprint density at radius 2 is 2.05 bits per heavy atom. The average molecular weight is 272 g/mol. The summed E-state index contributed by atoms with van der Waals surface area (Å²) in [5.74, 6) is 1.26. The molecule has 0 aliphatic carbocycles. The van der Waals surface area contributed by atoms with Crippen molar-refractivity contribution in [2.24, 2.45) is 0 Å². The number of furan rings is 1. The Labute approximate surface area is 117 Å². The van der Waals surface area contributed by atoms with E-state index < -0.39 is 0 Å². The largest absolute Gasteiger partial charge is 0.459 e. The maximum absolute atomic E-state index is 12.3. The van der Waals surface area contributed by atoms with E-state index in [1.165, 1.54) is 0 Å². The fraction of sp³-hybridized carbons (Fsp3) is 0.357. The van der Waals surface area contributed by atoms with Gasteiger partial charge in [0.15, 0.2) is 5.76 Å². The molecule has 0 spiro atoms. The van der Waals surface area contributed by atoms with Crippen LogP contribution >= 0.6 is 0 Å². The predicted molar refractivity (Wildman–Crippen MR) is 73.6 cm³/mol. The Balaban J connectivity index is 1.64. The molecule has 1 aliphatic heterocycles. The van der Waals surface area contributed by atoms with E-state index in [0.29, 0.717) is 18.8 Å². The average Bonchev–Trinajstić information content (AvgIpc) is 2.94. The lowest BCUT2D eigenvalue weighted by atomic mass is 10.2. The number of nitrogens with zero attached hydrogens (tertiary/aromatic N) is 4. The van der Waals surface area contributed by atoms with Crippen LogP contribution in [0, 0.1) is 6.92 Å². The van der Waals surface area contributed by atoms with E-state index >= 15 is 0 Å². The maximum atomic E-state index is 12.3. The Morgan fingerprint density at radius 3 is 2.65 bits per heavy atom. The van der Waals surface area contributed by atoms with Gasteiger partial charge in [0, 0.05) is 44.1 Å². The van der Waals surface area contributed by atoms with Gasteiger partial charge in [0.25, 0.3) is 5.91 Å². The van der Waals surface area contributed by atoms with Crippen LogP contribution in [0.3, 0.4) is 0 Å². The Morgan fingerprint density at radius 1 is 1.25 bits per heavy atom. The van der Waals surface area contributed by atoms with Gasteiger partial charge in [-0.3, -0.25) is 9.78 Å². The van der Waals surface area contributed by atoms with Crippen LogP contribution in [0.4, 0.5) is 5.82 Å². The second-order valence-corrected chi connectivity index (χ2v) is 4.78. The minimum Gasteiger partial charge on any atom is -0.459 e. The van der Waals surface area contributed by atoms with Gasteiger partial charge in [-0.15, -0.1) is 0 Å². The van der Waals surface area contributed by atoms with E-state index in [4.69, 9.17) is 4.42 Å². The quantitative estimate of drug-likeness (QED) is 0.825. The minimum atomic E-state index is -0.0358. The lowest BCUT2D eigenvalue weighted by molar-refractivity contribution is 0.0713. The summed E-state index contributed by atoms with van der Waals surface area (Å²) in [4.78, 5) is 24.6. The molecule has 1 saturated heterocycles. The van der Waals surface area contributed by atoms with E-state index in [9.17, 15) is 4.79 Å². The summed E-state index contributed by atoms with van der Waals surface area (Å²) in [5.41, 5.74) is 0.881. The molecule has 104 valence electrons. The standard InChI is InChI=1S/C14H16N4O2/c1-11-2-9-20-13(11)14(19)18-7-5-17(6-8-18)12-10-15-3-4-16-12/h2-4,9-10H,5-8H2,1H3. The summed E-state index contributed by atoms with van der Waals surface area (Å²) in [6, 6.07) is 1.81. The minimum absolute atomic E-state index is 0.0358. The third kappa shape index (κ3) is 2.36. The van der Waals surface area contributed by atoms with E-state index in [1.54, 1.807) is 24.9 Å². The second kappa shape index (κ2) is 5.32. The summed E-state index contributed by atoms with van der Waals surface area (Å²) in [5, 5.41) is 0. The number of carbonyl (C=O) groups excluding carboxylic acids is 1. The van der Waals surface area contributed by atoms with Crippen molar-refractivity contribution in [2.75, 3.05) is 31.1 Å². The molecule has 2 aromatic rings. The highest BCUT2D eigenvalue weighted by Crippen LogP contribution is 2.16. The molecule has 6 nitrogen and oxygen atoms in total. The van der Waals surface area contributed by atoms with E-state index in [-0.39, 0.29) is 5.91 Å². The monoisotopic (exact) mass is 272 g/mol. The van der Waals surface area contributed by atoms with Gasteiger partial charge < -0.3 is 14.2 Å². The predicted octanol–water partition coefficient (Wildman–Crippen LogP) is 1.34. The van der Waals surface area contributed by atoms with Crippen LogP contribution in [0.5, 0.6) is 0 Å². The lowest BCUT2D eigenvalue weighted by Crippen LogP contribution is -2.49. The molecule has 0 aromatic carbocycles. The molecule has 0 unspecified atom stereocenters. The second-order valence-electron chi connectivity index (χ2n) is 4.78. The molecule has 0 N–H and O–H groups in total. The first-order chi connectivity index (χ1) is 9.75. The summed E-state index contributed by atoms with van der Waals surface area (Å²) in [6.07, 6.45) is 6.63. The molecule has 0 atom stereocenters. The Kier molecular flexibility index (Phi) is 3.37. The molecule has 1 aliphatic rings. The van der Waals surface area contributed by atoms with Gasteiger partial charge >= 0.3 is 0 Å². The zero-order valence-corrected chi connectivity index (χ0v) is 11.3. The molecule has 20 heavy (non-hydrogen) atoms. The number of piperazine rings is 1. The number of rotatable bonds is 2. The van der Waals surface area contributed by atoms with Crippen molar-refractivity contribution in [3.8, 4) is 0 Å². The molecule has 0 bridgehead atoms. The first kappa shape index (κ1) is 12.7. The van der Waals surface area contributed by atoms with Gasteiger partial charge in [-0.25, -0.2) is 4.98 Å². The molecule has 2 aromatic heterocycles. The summed E-state index contributed by atoms with van der Waals surface area (Å²) in [6.45, 7) is 4.71. The Bertz CT molecular complexity index is 588. The highest BCUT2D eigenvalue weighted by Gasteiger charge is 2.25. The molecular weight excluding hydrogens is 256 g/mol. The SMILES string of the molecule is Cc1ccoc1C(=O)N1CCN(c2cnccn2)CC1. The molecule has 3 heterocycles. The lowest BCUT2D eigenvalue weighted by Gasteiger charge is -2.34. The van der Waals surface area contributed by atoms with Crippen molar-refractivity contribution in [3.05, 3.63) is 42.2 Å². The van der Waals surface area contributed by atoms with Gasteiger partial charge in [0.05, 0.1) is 12.5 Å². The number of amides is 1. The number of carbonyl (C=O) groups is 1. The van der Waals surface area contributed by atoms with Crippen LogP contribution < -0.4 is 4.90 Å². The number of aromatic nitrogens is 2. The number of aryl methyl sites for hydroxylation is 1. The van der Waals surface area contributed by atoms with Gasteiger partial charge in [-0.1, -0.05) is 0 Å². The van der Waals surface area contributed by atoms with Crippen molar-refractivity contribution in [1.82, 2.24) is 14.9 Å². The van der Waals surface area contributed by atoms with Crippen LogP contribution in [0.2, 0.25) is 0 Å². The van der Waals surface area contributed by atoms with Gasteiger partial charge in [0.2, 0.25) is 0 Å². The number of hydrogen-bond acceptors (Lipinski definition) is 5. The maximum Gasteiger partial charge on any atom is 0.289 e. The van der Waals surface area contributed by atoms with Crippen LogP contribution in [0.15, 0.2) is 35.3 Å². The van der Waals surface area contributed by atoms with Gasteiger partial charge in [-0.2, -0.15) is 0 Å². The van der Waals surface area contributed by atoms with Gasteiger partial charge in [0.1, 0.15) is 5.82 Å². The first-order valence-electron chi connectivity index (χ1n) is 6.60. The fourth-order valence-corrected chi connectivity index (χ4v) is 2.33. The summed E-state index contributed by atoms with van der Waals surface area (Å²) >= 11 is 0. The van der Waals surface area contributed by atoms with E-state index in [2.05, 4.69) is 14.9 Å². The van der Waals surface area contributed by atoms with Gasteiger partial charge in [-0.05, 0) is 13.0 Å². The zero-order valence-electron chi connectivity index (χ0n) is 11.3. The third-order valence-electron chi connectivity index (χ3n) is 3.50. The molecule has 0 saturated carbocycles. The Hall–Kier alpha value is -2.37. The summed E-state index contributed by atoms with van der Waals surface area (Å²) in [7, 11) is 0. The highest BCUT2D eigenvalue weighted by atomic mass is 16.3. The molecule has 1 amide bonds. The van der Waals surface area contributed by atoms with Crippen molar-refractivity contribution in [2.45, 2.75) is 6.92 Å². The molecule has 3 rings (SSSR count). The molecule has 6 heteroatoms. The van der Waals surface area contributed by atoms with Crippen molar-refractivity contribution in [3.63, 3.8) is 0 Å².